The highest BCUT2D eigenvalue weighted by atomic mass is 35.5. The van der Waals surface area contributed by atoms with E-state index in [9.17, 15) is 14.0 Å². The van der Waals surface area contributed by atoms with E-state index in [0.29, 0.717) is 24.4 Å². The fourth-order valence-corrected chi connectivity index (χ4v) is 8.64. The molecule has 2 amide bonds. The largest absolute Gasteiger partial charge is 0.351 e. The van der Waals surface area contributed by atoms with E-state index in [4.69, 9.17) is 0 Å². The molecule has 236 valence electrons. The number of carbonyl (C=O) groups excluding carboxylic acids is 2. The molecule has 3 aliphatic heterocycles. The molecule has 5 rings (SSSR count). The normalized spacial score (nSPS) is 31.0. The topological polar surface area (TPSA) is 52.7 Å². The van der Waals surface area contributed by atoms with Gasteiger partial charge in [0.2, 0.25) is 11.8 Å². The van der Waals surface area contributed by atoms with Crippen molar-refractivity contribution in [3.8, 4) is 0 Å². The fourth-order valence-electron chi connectivity index (χ4n) is 8.64. The van der Waals surface area contributed by atoms with Gasteiger partial charge in [0.1, 0.15) is 11.6 Å². The first-order valence-corrected chi connectivity index (χ1v) is 16.0. The Morgan fingerprint density at radius 1 is 0.905 bits per heavy atom. The summed E-state index contributed by atoms with van der Waals surface area (Å²) < 4.78 is 29.1. The second-order valence-electron chi connectivity index (χ2n) is 15.5. The number of benzene rings is 1. The van der Waals surface area contributed by atoms with Crippen LogP contribution in [-0.2, 0) is 9.59 Å². The van der Waals surface area contributed by atoms with Crippen LogP contribution in [-0.4, -0.2) is 57.9 Å². The molecule has 4 aliphatic rings. The standard InChI is InChI=1S/C34H51F2N3O2.ClH/c1-32(2,3)37-31(41)34(22-10-8-7-9-11-22)19-24-13-14-25(20-34)39(24)30(40)27-16-17-38(33(4,5)6)21-28(27)26-15-12-23(35)18-29(26)36;/h12,15,18,22,24-25,27-28H,7-11,13-14,16-17,19-21H2,1-6H3,(H,37,41);1H/t24?,25?,27-,28+,34?;/m1./s1. The van der Waals surface area contributed by atoms with Gasteiger partial charge in [-0.3, -0.25) is 14.5 Å². The highest BCUT2D eigenvalue weighted by Crippen LogP contribution is 2.54. The summed E-state index contributed by atoms with van der Waals surface area (Å²) in [6, 6.07) is 3.87. The number of rotatable bonds is 4. The average molecular weight is 608 g/mol. The van der Waals surface area contributed by atoms with E-state index in [1.807, 2.05) is 20.8 Å². The Morgan fingerprint density at radius 2 is 1.52 bits per heavy atom. The van der Waals surface area contributed by atoms with Crippen molar-refractivity contribution in [1.29, 1.82) is 0 Å². The smallest absolute Gasteiger partial charge is 0.227 e. The number of nitrogens with zero attached hydrogens (tertiary/aromatic N) is 2. The summed E-state index contributed by atoms with van der Waals surface area (Å²) in [7, 11) is 0. The Hall–Kier alpha value is -1.73. The third-order valence-electron chi connectivity index (χ3n) is 10.6. The van der Waals surface area contributed by atoms with Gasteiger partial charge >= 0.3 is 0 Å². The highest BCUT2D eigenvalue weighted by Gasteiger charge is 2.58. The molecular weight excluding hydrogens is 556 g/mol. The zero-order valence-corrected chi connectivity index (χ0v) is 27.3. The molecule has 2 bridgehead atoms. The first-order chi connectivity index (χ1) is 19.2. The third kappa shape index (κ3) is 6.52. The van der Waals surface area contributed by atoms with E-state index < -0.39 is 17.0 Å². The molecule has 0 radical (unpaired) electrons. The van der Waals surface area contributed by atoms with Gasteiger partial charge in [-0.05, 0) is 111 Å². The molecule has 42 heavy (non-hydrogen) atoms. The van der Waals surface area contributed by atoms with Gasteiger partial charge in [-0.2, -0.15) is 0 Å². The van der Waals surface area contributed by atoms with Crippen molar-refractivity contribution in [1.82, 2.24) is 15.1 Å². The summed E-state index contributed by atoms with van der Waals surface area (Å²) in [5.41, 5.74) is -0.427. The molecule has 0 aromatic heterocycles. The molecule has 4 fully saturated rings. The van der Waals surface area contributed by atoms with Crippen molar-refractivity contribution in [2.75, 3.05) is 13.1 Å². The van der Waals surface area contributed by atoms with E-state index in [1.54, 1.807) is 0 Å². The Morgan fingerprint density at radius 3 is 2.07 bits per heavy atom. The van der Waals surface area contributed by atoms with Crippen LogP contribution in [0.2, 0.25) is 0 Å². The monoisotopic (exact) mass is 607 g/mol. The number of hydrogen-bond donors (Lipinski definition) is 1. The summed E-state index contributed by atoms with van der Waals surface area (Å²) in [5.74, 6) is -1.24. The van der Waals surface area contributed by atoms with E-state index in [1.165, 1.54) is 31.4 Å². The Labute approximate surface area is 258 Å². The van der Waals surface area contributed by atoms with Crippen molar-refractivity contribution < 1.29 is 18.4 Å². The van der Waals surface area contributed by atoms with Crippen LogP contribution in [0.15, 0.2) is 18.2 Å². The van der Waals surface area contributed by atoms with Gasteiger partial charge in [-0.15, -0.1) is 12.4 Å². The lowest BCUT2D eigenvalue weighted by molar-refractivity contribution is -0.155. The first-order valence-electron chi connectivity index (χ1n) is 16.0. The predicted octanol–water partition coefficient (Wildman–Crippen LogP) is 7.23. The van der Waals surface area contributed by atoms with Crippen LogP contribution < -0.4 is 5.32 Å². The summed E-state index contributed by atoms with van der Waals surface area (Å²) in [6.45, 7) is 13.9. The zero-order valence-electron chi connectivity index (χ0n) is 26.5. The van der Waals surface area contributed by atoms with Crippen molar-refractivity contribution in [2.45, 2.75) is 135 Å². The summed E-state index contributed by atoms with van der Waals surface area (Å²) in [6.07, 6.45) is 9.68. The van der Waals surface area contributed by atoms with Crippen LogP contribution in [0.25, 0.3) is 0 Å². The summed E-state index contributed by atoms with van der Waals surface area (Å²) in [5, 5.41) is 3.34. The average Bonchev–Trinajstić information content (AvgIpc) is 3.16. The molecule has 2 unspecified atom stereocenters. The minimum Gasteiger partial charge on any atom is -0.351 e. The molecule has 1 aromatic carbocycles. The number of nitrogens with one attached hydrogen (secondary N) is 1. The van der Waals surface area contributed by atoms with Gasteiger partial charge in [-0.1, -0.05) is 25.3 Å². The summed E-state index contributed by atoms with van der Waals surface area (Å²) >= 11 is 0. The molecule has 4 atom stereocenters. The lowest BCUT2D eigenvalue weighted by Gasteiger charge is -2.52. The molecule has 3 heterocycles. The molecule has 5 nitrogen and oxygen atoms in total. The van der Waals surface area contributed by atoms with Crippen LogP contribution in [0.3, 0.4) is 0 Å². The molecule has 1 aromatic rings. The van der Waals surface area contributed by atoms with Gasteiger partial charge < -0.3 is 10.2 Å². The summed E-state index contributed by atoms with van der Waals surface area (Å²) in [4.78, 5) is 33.0. The minimum absolute atomic E-state index is 0. The van der Waals surface area contributed by atoms with Crippen LogP contribution in [0, 0.1) is 28.9 Å². The molecule has 1 N–H and O–H groups in total. The quantitative estimate of drug-likeness (QED) is 0.393. The van der Waals surface area contributed by atoms with Crippen molar-refractivity contribution in [2.24, 2.45) is 17.3 Å². The minimum atomic E-state index is -0.598. The van der Waals surface area contributed by atoms with E-state index in [2.05, 4.69) is 35.9 Å². The number of halogens is 3. The number of piperidine rings is 2. The molecule has 8 heteroatoms. The Bertz CT molecular complexity index is 1130. The van der Waals surface area contributed by atoms with Gasteiger partial charge in [0.25, 0.3) is 0 Å². The van der Waals surface area contributed by atoms with Crippen molar-refractivity contribution in [3.05, 3.63) is 35.4 Å². The maximum atomic E-state index is 15.2. The fraction of sp³-hybridized carbons (Fsp3) is 0.765. The van der Waals surface area contributed by atoms with Crippen molar-refractivity contribution in [3.63, 3.8) is 0 Å². The molecule has 1 aliphatic carbocycles. The number of likely N-dealkylation sites (tertiary alicyclic amines) is 1. The van der Waals surface area contributed by atoms with Gasteiger partial charge in [0.15, 0.2) is 0 Å². The first kappa shape index (κ1) is 33.2. The lowest BCUT2D eigenvalue weighted by Crippen LogP contribution is -2.61. The third-order valence-corrected chi connectivity index (χ3v) is 10.6. The van der Waals surface area contributed by atoms with Crippen LogP contribution in [0.4, 0.5) is 8.78 Å². The second-order valence-corrected chi connectivity index (χ2v) is 15.5. The van der Waals surface area contributed by atoms with Gasteiger partial charge in [0.05, 0.1) is 5.41 Å². The second kappa shape index (κ2) is 12.3. The lowest BCUT2D eigenvalue weighted by atomic mass is 9.61. The Balaban J connectivity index is 0.00000405. The van der Waals surface area contributed by atoms with Crippen LogP contribution >= 0.6 is 12.4 Å². The number of hydrogen-bond acceptors (Lipinski definition) is 3. The zero-order chi connectivity index (χ0) is 29.7. The SMILES string of the molecule is CC(C)(C)NC(=O)C1(C2CCCCC2)CC2CCC(C1)N2C(=O)[C@@H]1CCN(C(C)(C)C)C[C@H]1c1ccc(F)cc1F.Cl. The van der Waals surface area contributed by atoms with E-state index in [-0.39, 0.29) is 59.2 Å². The number of carbonyl (C=O) groups is 2. The predicted molar refractivity (Wildman–Crippen MR) is 166 cm³/mol. The van der Waals surface area contributed by atoms with Crippen molar-refractivity contribution >= 4 is 24.2 Å². The molecule has 1 saturated carbocycles. The molecule has 3 saturated heterocycles. The molecule has 0 spiro atoms. The number of amides is 2. The van der Waals surface area contributed by atoms with Gasteiger partial charge in [0, 0.05) is 47.6 Å². The maximum Gasteiger partial charge on any atom is 0.227 e. The molecular formula is C34H52ClF2N3O2. The Kier molecular flexibility index (Phi) is 9.75. The highest BCUT2D eigenvalue weighted by molar-refractivity contribution is 5.86. The van der Waals surface area contributed by atoms with Crippen LogP contribution in [0.5, 0.6) is 0 Å². The van der Waals surface area contributed by atoms with Crippen LogP contribution in [0.1, 0.15) is 117 Å². The van der Waals surface area contributed by atoms with E-state index >= 15 is 4.39 Å². The van der Waals surface area contributed by atoms with Gasteiger partial charge in [-0.25, -0.2) is 8.78 Å². The maximum absolute atomic E-state index is 15.2. The number of fused-ring (bicyclic) bond motifs is 2. The van der Waals surface area contributed by atoms with E-state index in [0.717, 1.165) is 51.1 Å².